The van der Waals surface area contributed by atoms with E-state index in [4.69, 9.17) is 9.05 Å². The first-order valence-electron chi connectivity index (χ1n) is 15.6. The normalized spacial score (nSPS) is 15.4. The van der Waals surface area contributed by atoms with Gasteiger partial charge in [-0.3, -0.25) is 9.36 Å². The molecule has 0 fully saturated rings. The van der Waals surface area contributed by atoms with Gasteiger partial charge in [0.2, 0.25) is 5.91 Å². The van der Waals surface area contributed by atoms with Crippen LogP contribution in [0.1, 0.15) is 123 Å². The Balaban J connectivity index is 4.67. The Morgan fingerprint density at radius 2 is 1.38 bits per heavy atom. The van der Waals surface area contributed by atoms with Crippen LogP contribution in [0.25, 0.3) is 0 Å². The van der Waals surface area contributed by atoms with E-state index in [1.165, 1.54) is 64.2 Å². The molecule has 0 rings (SSSR count). The molecule has 2 N–H and O–H groups in total. The van der Waals surface area contributed by atoms with Gasteiger partial charge in [0.1, 0.15) is 13.2 Å². The molecule has 9 heteroatoms. The molecule has 8 nitrogen and oxygen atoms in total. The molecule has 0 aromatic rings. The van der Waals surface area contributed by atoms with Gasteiger partial charge in [0.25, 0.3) is 7.82 Å². The van der Waals surface area contributed by atoms with Crippen molar-refractivity contribution in [3.63, 3.8) is 0 Å². The number of allylic oxidation sites excluding steroid dienone is 1. The second-order valence-electron chi connectivity index (χ2n) is 11.8. The van der Waals surface area contributed by atoms with Crippen molar-refractivity contribution in [2.24, 2.45) is 0 Å². The molecule has 232 valence electrons. The maximum Gasteiger partial charge on any atom is 0.268 e. The molecule has 0 aliphatic carbocycles. The SMILES string of the molecule is CCCCCCCC/C=C/C(O)C(COP(=O)([O-])OCC[N+](C)(C)C)NC(=O)CCCCCCCCCCC. The number of amides is 1. The summed E-state index contributed by atoms with van der Waals surface area (Å²) in [5.74, 6) is -0.207. The number of likely N-dealkylation sites (N-methyl/N-ethyl adjacent to an activating group) is 1. The lowest BCUT2D eigenvalue weighted by atomic mass is 10.1. The monoisotopic (exact) mass is 576 g/mol. The minimum Gasteiger partial charge on any atom is -0.756 e. The van der Waals surface area contributed by atoms with Crippen molar-refractivity contribution in [1.82, 2.24) is 5.32 Å². The van der Waals surface area contributed by atoms with E-state index in [9.17, 15) is 19.4 Å². The number of phosphoric acid groups is 1. The van der Waals surface area contributed by atoms with Crippen molar-refractivity contribution in [3.8, 4) is 0 Å². The lowest BCUT2D eigenvalue weighted by molar-refractivity contribution is -0.870. The van der Waals surface area contributed by atoms with Crippen LogP contribution in [-0.2, 0) is 18.4 Å². The summed E-state index contributed by atoms with van der Waals surface area (Å²) >= 11 is 0. The molecular weight excluding hydrogens is 515 g/mol. The molecular formula is C30H61N2O6P. The summed E-state index contributed by atoms with van der Waals surface area (Å²) in [6.45, 7) is 4.53. The summed E-state index contributed by atoms with van der Waals surface area (Å²) in [6, 6.07) is -0.874. The highest BCUT2D eigenvalue weighted by Crippen LogP contribution is 2.38. The van der Waals surface area contributed by atoms with Gasteiger partial charge in [0.05, 0.1) is 39.9 Å². The molecule has 0 spiro atoms. The van der Waals surface area contributed by atoms with Gasteiger partial charge in [-0.05, 0) is 19.3 Å². The smallest absolute Gasteiger partial charge is 0.268 e. The lowest BCUT2D eigenvalue weighted by Gasteiger charge is -2.29. The van der Waals surface area contributed by atoms with E-state index >= 15 is 0 Å². The summed E-state index contributed by atoms with van der Waals surface area (Å²) in [4.78, 5) is 24.8. The van der Waals surface area contributed by atoms with Gasteiger partial charge in [-0.1, -0.05) is 109 Å². The van der Waals surface area contributed by atoms with Gasteiger partial charge in [-0.2, -0.15) is 0 Å². The average molecular weight is 577 g/mol. The van der Waals surface area contributed by atoms with Gasteiger partial charge < -0.3 is 28.8 Å². The molecule has 0 aromatic carbocycles. The van der Waals surface area contributed by atoms with Crippen molar-refractivity contribution in [3.05, 3.63) is 12.2 Å². The summed E-state index contributed by atoms with van der Waals surface area (Å²) in [6.07, 6.45) is 21.2. The van der Waals surface area contributed by atoms with Gasteiger partial charge >= 0.3 is 0 Å². The van der Waals surface area contributed by atoms with Crippen LogP contribution >= 0.6 is 7.82 Å². The van der Waals surface area contributed by atoms with Crippen LogP contribution in [-0.4, -0.2) is 68.5 Å². The number of aliphatic hydroxyl groups excluding tert-OH is 1. The topological polar surface area (TPSA) is 108 Å². The predicted molar refractivity (Wildman–Crippen MR) is 159 cm³/mol. The number of rotatable bonds is 27. The van der Waals surface area contributed by atoms with Crippen molar-refractivity contribution in [1.29, 1.82) is 0 Å². The van der Waals surface area contributed by atoms with Crippen LogP contribution in [0.15, 0.2) is 12.2 Å². The van der Waals surface area contributed by atoms with E-state index < -0.39 is 20.0 Å². The molecule has 0 saturated carbocycles. The quantitative estimate of drug-likeness (QED) is 0.0517. The fourth-order valence-corrected chi connectivity index (χ4v) is 4.87. The van der Waals surface area contributed by atoms with E-state index in [-0.39, 0.29) is 19.1 Å². The van der Waals surface area contributed by atoms with Crippen molar-refractivity contribution >= 4 is 13.7 Å². The molecule has 3 unspecified atom stereocenters. The molecule has 1 amide bonds. The molecule has 0 aliphatic rings. The zero-order valence-corrected chi connectivity index (χ0v) is 26.7. The standard InChI is InChI=1S/C30H61N2O6P/c1-6-8-10-12-14-16-18-20-22-24-30(34)31-28(27-38-39(35,36)37-26-25-32(3,4)5)29(33)23-21-19-17-15-13-11-9-7-2/h21,23,28-29,33H,6-20,22,24-27H2,1-5H3,(H-,31,34,35,36)/b23-21+. The van der Waals surface area contributed by atoms with Gasteiger partial charge in [0.15, 0.2) is 0 Å². The summed E-state index contributed by atoms with van der Waals surface area (Å²) in [7, 11) is 1.26. The number of hydrogen-bond acceptors (Lipinski definition) is 6. The molecule has 0 bridgehead atoms. The predicted octanol–water partition coefficient (Wildman–Crippen LogP) is 6.27. The van der Waals surface area contributed by atoms with E-state index in [2.05, 4.69) is 19.2 Å². The number of nitrogens with zero attached hydrogens (tertiary/aromatic N) is 1. The molecule has 0 radical (unpaired) electrons. The lowest BCUT2D eigenvalue weighted by Crippen LogP contribution is -2.45. The average Bonchev–Trinajstić information content (AvgIpc) is 2.86. The first kappa shape index (κ1) is 38.2. The number of carbonyl (C=O) groups excluding carboxylic acids is 1. The fraction of sp³-hybridized carbons (Fsp3) is 0.900. The van der Waals surface area contributed by atoms with Gasteiger partial charge in [0, 0.05) is 6.42 Å². The minimum atomic E-state index is -4.56. The Kier molecular flexibility index (Phi) is 23.4. The largest absolute Gasteiger partial charge is 0.756 e. The summed E-state index contributed by atoms with van der Waals surface area (Å²) < 4.78 is 22.9. The second-order valence-corrected chi connectivity index (χ2v) is 13.2. The van der Waals surface area contributed by atoms with E-state index in [0.717, 1.165) is 38.5 Å². The number of nitrogens with one attached hydrogen (secondary N) is 1. The van der Waals surface area contributed by atoms with Crippen LogP contribution in [0.4, 0.5) is 0 Å². The molecule has 3 atom stereocenters. The van der Waals surface area contributed by atoms with Crippen molar-refractivity contribution in [2.45, 2.75) is 135 Å². The van der Waals surface area contributed by atoms with Gasteiger partial charge in [-0.15, -0.1) is 0 Å². The highest BCUT2D eigenvalue weighted by molar-refractivity contribution is 7.45. The van der Waals surface area contributed by atoms with E-state index in [1.54, 1.807) is 6.08 Å². The molecule has 0 aliphatic heterocycles. The molecule has 0 heterocycles. The first-order valence-corrected chi connectivity index (χ1v) is 17.0. The van der Waals surface area contributed by atoms with Crippen LogP contribution in [0, 0.1) is 0 Å². The maximum absolute atomic E-state index is 12.6. The fourth-order valence-electron chi connectivity index (χ4n) is 4.15. The third-order valence-corrected chi connectivity index (χ3v) is 7.71. The van der Waals surface area contributed by atoms with Crippen LogP contribution in [0.3, 0.4) is 0 Å². The minimum absolute atomic E-state index is 0.000615. The third-order valence-electron chi connectivity index (χ3n) is 6.75. The van der Waals surface area contributed by atoms with Gasteiger partial charge in [-0.25, -0.2) is 0 Å². The summed E-state index contributed by atoms with van der Waals surface area (Å²) in [5.41, 5.74) is 0. The Bertz CT molecular complexity index is 668. The van der Waals surface area contributed by atoms with E-state index in [1.807, 2.05) is 27.2 Å². The number of unbranched alkanes of at least 4 members (excludes halogenated alkanes) is 14. The number of quaternary nitrogens is 1. The van der Waals surface area contributed by atoms with Crippen LogP contribution < -0.4 is 10.2 Å². The Hall–Kier alpha value is -0.760. The zero-order chi connectivity index (χ0) is 29.4. The third kappa shape index (κ3) is 25.9. The van der Waals surface area contributed by atoms with Crippen molar-refractivity contribution < 1.29 is 32.9 Å². The Labute approximate surface area is 240 Å². The number of phosphoric ester groups is 1. The Morgan fingerprint density at radius 1 is 0.872 bits per heavy atom. The first-order chi connectivity index (χ1) is 18.5. The Morgan fingerprint density at radius 3 is 1.92 bits per heavy atom. The molecule has 0 aromatic heterocycles. The second kappa shape index (κ2) is 23.9. The number of carbonyl (C=O) groups is 1. The highest BCUT2D eigenvalue weighted by atomic mass is 31.2. The number of aliphatic hydroxyl groups is 1. The zero-order valence-electron chi connectivity index (χ0n) is 25.8. The van der Waals surface area contributed by atoms with Crippen LogP contribution in [0.5, 0.6) is 0 Å². The van der Waals surface area contributed by atoms with Crippen molar-refractivity contribution in [2.75, 3.05) is 40.9 Å². The highest BCUT2D eigenvalue weighted by Gasteiger charge is 2.23. The molecule has 39 heavy (non-hydrogen) atoms. The molecule has 0 saturated heterocycles. The maximum atomic E-state index is 12.6. The summed E-state index contributed by atoms with van der Waals surface area (Å²) in [5, 5.41) is 13.5. The van der Waals surface area contributed by atoms with E-state index in [0.29, 0.717) is 17.4 Å². The number of hydrogen-bond donors (Lipinski definition) is 2. The van der Waals surface area contributed by atoms with Crippen LogP contribution in [0.2, 0.25) is 0 Å².